The van der Waals surface area contributed by atoms with Gasteiger partial charge in [-0.25, -0.2) is 4.98 Å². The highest BCUT2D eigenvalue weighted by Crippen LogP contribution is 2.20. The molecule has 19 heavy (non-hydrogen) atoms. The number of nitrogens with two attached hydrogens (primary N) is 2. The molecule has 0 aliphatic rings. The maximum absolute atomic E-state index is 10.6. The number of unbranched alkanes of at least 4 members (excludes halogenated alkanes) is 1. The van der Waals surface area contributed by atoms with Gasteiger partial charge in [-0.05, 0) is 25.0 Å². The Morgan fingerprint density at radius 1 is 1.21 bits per heavy atom. The van der Waals surface area contributed by atoms with Crippen LogP contribution in [-0.4, -0.2) is 22.4 Å². The van der Waals surface area contributed by atoms with Crippen molar-refractivity contribution >= 4 is 28.6 Å². The minimum Gasteiger partial charge on any atom is -0.370 e. The van der Waals surface area contributed by atoms with Gasteiger partial charge in [-0.2, -0.15) is 4.98 Å². The third kappa shape index (κ3) is 3.54. The Labute approximate surface area is 111 Å². The van der Waals surface area contributed by atoms with Gasteiger partial charge in [-0.1, -0.05) is 12.1 Å². The van der Waals surface area contributed by atoms with E-state index in [0.29, 0.717) is 13.0 Å². The predicted molar refractivity (Wildman–Crippen MR) is 75.5 cm³/mol. The molecule has 0 aliphatic carbocycles. The first kappa shape index (κ1) is 13.1. The molecular formula is C13H17N5O. The van der Waals surface area contributed by atoms with Crippen LogP contribution in [0.15, 0.2) is 24.3 Å². The predicted octanol–water partition coefficient (Wildman–Crippen LogP) is 1.28. The number of amides is 1. The molecule has 1 aromatic heterocycles. The number of aromatic nitrogens is 2. The fourth-order valence-electron chi connectivity index (χ4n) is 1.86. The molecule has 2 aromatic rings. The second-order valence-electron chi connectivity index (χ2n) is 4.30. The van der Waals surface area contributed by atoms with Crippen molar-refractivity contribution in [1.29, 1.82) is 0 Å². The van der Waals surface area contributed by atoms with Crippen LogP contribution in [0.1, 0.15) is 19.3 Å². The monoisotopic (exact) mass is 259 g/mol. The topological polar surface area (TPSA) is 107 Å². The van der Waals surface area contributed by atoms with Crippen LogP contribution < -0.4 is 16.8 Å². The fourth-order valence-corrected chi connectivity index (χ4v) is 1.86. The number of fused-ring (bicyclic) bond motifs is 1. The number of anilines is 2. The number of primary amides is 1. The van der Waals surface area contributed by atoms with Crippen LogP contribution in [0.2, 0.25) is 0 Å². The average molecular weight is 259 g/mol. The van der Waals surface area contributed by atoms with Crippen LogP contribution >= 0.6 is 0 Å². The van der Waals surface area contributed by atoms with E-state index in [2.05, 4.69) is 15.3 Å². The van der Waals surface area contributed by atoms with Gasteiger partial charge >= 0.3 is 0 Å². The van der Waals surface area contributed by atoms with Crippen molar-refractivity contribution in [3.05, 3.63) is 24.3 Å². The minimum absolute atomic E-state index is 0.248. The second kappa shape index (κ2) is 5.99. The quantitative estimate of drug-likeness (QED) is 0.677. The van der Waals surface area contributed by atoms with Crippen LogP contribution in [0.4, 0.5) is 11.8 Å². The summed E-state index contributed by atoms with van der Waals surface area (Å²) in [5.41, 5.74) is 11.6. The number of benzene rings is 1. The number of para-hydroxylation sites is 1. The van der Waals surface area contributed by atoms with E-state index in [4.69, 9.17) is 11.5 Å². The molecule has 0 atom stereocenters. The van der Waals surface area contributed by atoms with E-state index in [1.54, 1.807) is 0 Å². The number of nitrogens with one attached hydrogen (secondary N) is 1. The summed E-state index contributed by atoms with van der Waals surface area (Å²) in [7, 11) is 0. The third-order valence-corrected chi connectivity index (χ3v) is 2.76. The molecule has 0 radical (unpaired) electrons. The zero-order valence-corrected chi connectivity index (χ0v) is 10.6. The minimum atomic E-state index is -0.267. The summed E-state index contributed by atoms with van der Waals surface area (Å²) in [6.07, 6.45) is 2.02. The summed E-state index contributed by atoms with van der Waals surface area (Å²) in [5, 5.41) is 4.16. The van der Waals surface area contributed by atoms with E-state index in [1.165, 1.54) is 0 Å². The van der Waals surface area contributed by atoms with E-state index in [0.717, 1.165) is 29.6 Å². The first-order valence-electron chi connectivity index (χ1n) is 6.21. The summed E-state index contributed by atoms with van der Waals surface area (Å²) >= 11 is 0. The average Bonchev–Trinajstić information content (AvgIpc) is 2.37. The molecule has 0 fully saturated rings. The van der Waals surface area contributed by atoms with Gasteiger partial charge in [0.15, 0.2) is 0 Å². The molecule has 1 aromatic carbocycles. The highest BCUT2D eigenvalue weighted by molar-refractivity contribution is 5.89. The zero-order chi connectivity index (χ0) is 13.7. The molecule has 1 amide bonds. The molecule has 0 unspecified atom stereocenters. The fraction of sp³-hybridized carbons (Fsp3) is 0.308. The highest BCUT2D eigenvalue weighted by atomic mass is 16.1. The standard InChI is InChI=1S/C13H17N5O/c14-11(19)7-3-4-8-16-12-9-5-1-2-6-10(9)17-13(15)18-12/h1-2,5-6H,3-4,7-8H2,(H2,14,19)(H3,15,16,17,18). The molecule has 0 saturated heterocycles. The largest absolute Gasteiger partial charge is 0.370 e. The van der Waals surface area contributed by atoms with Crippen molar-refractivity contribution in [2.45, 2.75) is 19.3 Å². The molecule has 0 bridgehead atoms. The maximum atomic E-state index is 10.6. The van der Waals surface area contributed by atoms with Gasteiger partial charge in [0.25, 0.3) is 0 Å². The van der Waals surface area contributed by atoms with Crippen LogP contribution in [0.3, 0.4) is 0 Å². The van der Waals surface area contributed by atoms with E-state index in [9.17, 15) is 4.79 Å². The van der Waals surface area contributed by atoms with Crippen molar-refractivity contribution in [1.82, 2.24) is 9.97 Å². The van der Waals surface area contributed by atoms with E-state index in [1.807, 2.05) is 24.3 Å². The van der Waals surface area contributed by atoms with Gasteiger partial charge in [-0.3, -0.25) is 4.79 Å². The van der Waals surface area contributed by atoms with Crippen LogP contribution in [0, 0.1) is 0 Å². The molecule has 100 valence electrons. The Balaban J connectivity index is 2.02. The lowest BCUT2D eigenvalue weighted by atomic mass is 10.2. The molecule has 6 heteroatoms. The first-order valence-corrected chi connectivity index (χ1v) is 6.21. The molecule has 6 nitrogen and oxygen atoms in total. The van der Waals surface area contributed by atoms with Crippen LogP contribution in [0.25, 0.3) is 10.9 Å². The van der Waals surface area contributed by atoms with Crippen molar-refractivity contribution in [3.63, 3.8) is 0 Å². The zero-order valence-electron chi connectivity index (χ0n) is 10.6. The summed E-state index contributed by atoms with van der Waals surface area (Å²) in [6, 6.07) is 7.68. The number of nitrogen functional groups attached to an aromatic ring is 1. The van der Waals surface area contributed by atoms with Gasteiger partial charge in [0.05, 0.1) is 5.52 Å². The second-order valence-corrected chi connectivity index (χ2v) is 4.30. The lowest BCUT2D eigenvalue weighted by Crippen LogP contribution is -2.11. The molecule has 0 spiro atoms. The van der Waals surface area contributed by atoms with Crippen LogP contribution in [0.5, 0.6) is 0 Å². The lowest BCUT2D eigenvalue weighted by molar-refractivity contribution is -0.118. The van der Waals surface area contributed by atoms with E-state index < -0.39 is 0 Å². The number of hydrogen-bond acceptors (Lipinski definition) is 5. The summed E-state index contributed by atoms with van der Waals surface area (Å²) in [6.45, 7) is 0.716. The van der Waals surface area contributed by atoms with Crippen LogP contribution in [-0.2, 0) is 4.79 Å². The Hall–Kier alpha value is -2.37. The highest BCUT2D eigenvalue weighted by Gasteiger charge is 2.04. The Bertz CT molecular complexity index is 584. The summed E-state index contributed by atoms with van der Waals surface area (Å²) in [5.74, 6) is 0.706. The van der Waals surface area contributed by atoms with E-state index >= 15 is 0 Å². The Morgan fingerprint density at radius 3 is 2.79 bits per heavy atom. The normalized spacial score (nSPS) is 10.5. The molecule has 5 N–H and O–H groups in total. The van der Waals surface area contributed by atoms with Gasteiger partial charge in [-0.15, -0.1) is 0 Å². The van der Waals surface area contributed by atoms with Crippen molar-refractivity contribution < 1.29 is 4.79 Å². The Kier molecular flexibility index (Phi) is 4.12. The van der Waals surface area contributed by atoms with Crippen molar-refractivity contribution in [2.24, 2.45) is 5.73 Å². The van der Waals surface area contributed by atoms with Crippen molar-refractivity contribution in [3.8, 4) is 0 Å². The number of rotatable bonds is 6. The SMILES string of the molecule is NC(=O)CCCCNc1nc(N)nc2ccccc12. The number of carbonyl (C=O) groups excluding carboxylic acids is 1. The van der Waals surface area contributed by atoms with Gasteiger partial charge < -0.3 is 16.8 Å². The number of carbonyl (C=O) groups is 1. The third-order valence-electron chi connectivity index (χ3n) is 2.76. The summed E-state index contributed by atoms with van der Waals surface area (Å²) in [4.78, 5) is 19.0. The lowest BCUT2D eigenvalue weighted by Gasteiger charge is -2.08. The first-order chi connectivity index (χ1) is 9.16. The van der Waals surface area contributed by atoms with Gasteiger partial charge in [0, 0.05) is 18.4 Å². The van der Waals surface area contributed by atoms with E-state index in [-0.39, 0.29) is 11.9 Å². The summed E-state index contributed by atoms with van der Waals surface area (Å²) < 4.78 is 0. The maximum Gasteiger partial charge on any atom is 0.222 e. The molecule has 0 saturated carbocycles. The van der Waals surface area contributed by atoms with Gasteiger partial charge in [0.1, 0.15) is 5.82 Å². The molecule has 1 heterocycles. The number of hydrogen-bond donors (Lipinski definition) is 3. The van der Waals surface area contributed by atoms with Gasteiger partial charge in [0.2, 0.25) is 11.9 Å². The Morgan fingerprint density at radius 2 is 2.00 bits per heavy atom. The molecule has 0 aliphatic heterocycles. The smallest absolute Gasteiger partial charge is 0.222 e. The van der Waals surface area contributed by atoms with Crippen molar-refractivity contribution in [2.75, 3.05) is 17.6 Å². The molecular weight excluding hydrogens is 242 g/mol. The number of nitrogens with zero attached hydrogens (tertiary/aromatic N) is 2. The molecule has 2 rings (SSSR count).